The monoisotopic (exact) mass is 296 g/mol. The Labute approximate surface area is 128 Å². The highest BCUT2D eigenvalue weighted by Gasteiger charge is 2.43. The Morgan fingerprint density at radius 1 is 1.09 bits per heavy atom. The van der Waals surface area contributed by atoms with Gasteiger partial charge in [0.2, 0.25) is 0 Å². The third-order valence-corrected chi connectivity index (χ3v) is 3.66. The highest BCUT2D eigenvalue weighted by Crippen LogP contribution is 2.39. The minimum Gasteiger partial charge on any atom is -0.484 e. The van der Waals surface area contributed by atoms with E-state index in [9.17, 15) is 9.59 Å². The van der Waals surface area contributed by atoms with Crippen molar-refractivity contribution in [2.75, 3.05) is 6.61 Å². The average molecular weight is 296 g/mol. The number of hydrogen-bond acceptors (Lipinski definition) is 4. The number of esters is 1. The zero-order valence-corrected chi connectivity index (χ0v) is 12.2. The number of benzene rings is 2. The van der Waals surface area contributed by atoms with E-state index in [0.717, 1.165) is 5.56 Å². The molecule has 1 heterocycles. The van der Waals surface area contributed by atoms with Gasteiger partial charge >= 0.3 is 5.97 Å². The summed E-state index contributed by atoms with van der Waals surface area (Å²) in [5.41, 5.74) is 1.20. The second-order valence-electron chi connectivity index (χ2n) is 5.04. The van der Waals surface area contributed by atoms with E-state index in [2.05, 4.69) is 0 Å². The summed E-state index contributed by atoms with van der Waals surface area (Å²) in [6.07, 6.45) is -0.664. The number of Topliss-reactive ketones (excluding diaryl/α,β-unsaturated/α-hetero) is 1. The van der Waals surface area contributed by atoms with Gasteiger partial charge in [0.15, 0.2) is 11.7 Å². The molecule has 0 spiro atoms. The van der Waals surface area contributed by atoms with Gasteiger partial charge in [-0.15, -0.1) is 0 Å². The fraction of sp³-hybridized carbons (Fsp3) is 0.222. The molecule has 0 unspecified atom stereocenters. The molecule has 0 radical (unpaired) electrons. The first-order chi connectivity index (χ1) is 10.7. The number of ether oxygens (including phenoxy) is 2. The predicted molar refractivity (Wildman–Crippen MR) is 80.7 cm³/mol. The van der Waals surface area contributed by atoms with Crippen molar-refractivity contribution in [2.24, 2.45) is 5.92 Å². The van der Waals surface area contributed by atoms with Crippen LogP contribution < -0.4 is 4.74 Å². The molecule has 1 aliphatic rings. The second kappa shape index (κ2) is 6.02. The number of ketones is 1. The molecule has 0 fully saturated rings. The van der Waals surface area contributed by atoms with Gasteiger partial charge in [0.1, 0.15) is 11.9 Å². The Balaban J connectivity index is 2.06. The van der Waals surface area contributed by atoms with Crippen LogP contribution in [0.2, 0.25) is 0 Å². The molecule has 22 heavy (non-hydrogen) atoms. The Kier molecular flexibility index (Phi) is 3.92. The van der Waals surface area contributed by atoms with Crippen molar-refractivity contribution in [1.82, 2.24) is 0 Å². The quantitative estimate of drug-likeness (QED) is 0.645. The van der Waals surface area contributed by atoms with E-state index in [0.29, 0.717) is 11.3 Å². The SMILES string of the molecule is CCOC(=O)[C@H]1C(=O)c2ccccc2O[C@@H]1c1ccccc1. The van der Waals surface area contributed by atoms with Crippen LogP contribution in [0.5, 0.6) is 5.75 Å². The van der Waals surface area contributed by atoms with E-state index in [1.807, 2.05) is 30.3 Å². The van der Waals surface area contributed by atoms with Crippen molar-refractivity contribution in [2.45, 2.75) is 13.0 Å². The number of hydrogen-bond donors (Lipinski definition) is 0. The molecule has 2 aromatic rings. The maximum absolute atomic E-state index is 12.7. The fourth-order valence-electron chi connectivity index (χ4n) is 2.65. The van der Waals surface area contributed by atoms with Crippen molar-refractivity contribution in [3.8, 4) is 5.75 Å². The average Bonchev–Trinajstić information content (AvgIpc) is 2.55. The first-order valence-corrected chi connectivity index (χ1v) is 7.24. The van der Waals surface area contributed by atoms with E-state index in [1.165, 1.54) is 0 Å². The van der Waals surface area contributed by atoms with Crippen molar-refractivity contribution in [3.63, 3.8) is 0 Å². The van der Waals surface area contributed by atoms with Crippen molar-refractivity contribution in [1.29, 1.82) is 0 Å². The molecule has 0 saturated heterocycles. The zero-order valence-electron chi connectivity index (χ0n) is 12.2. The molecule has 0 aliphatic carbocycles. The molecule has 1 aliphatic heterocycles. The minimum absolute atomic E-state index is 0.228. The van der Waals surface area contributed by atoms with Crippen LogP contribution in [0.25, 0.3) is 0 Å². The molecule has 2 aromatic carbocycles. The molecule has 0 amide bonds. The van der Waals surface area contributed by atoms with E-state index in [4.69, 9.17) is 9.47 Å². The number of carbonyl (C=O) groups excluding carboxylic acids is 2. The van der Waals surface area contributed by atoms with Crippen LogP contribution in [0.4, 0.5) is 0 Å². The van der Waals surface area contributed by atoms with Crippen LogP contribution in [0.3, 0.4) is 0 Å². The third-order valence-electron chi connectivity index (χ3n) is 3.66. The summed E-state index contributed by atoms with van der Waals surface area (Å²) < 4.78 is 11.0. The van der Waals surface area contributed by atoms with Crippen LogP contribution in [0.1, 0.15) is 28.9 Å². The lowest BCUT2D eigenvalue weighted by Crippen LogP contribution is -2.38. The van der Waals surface area contributed by atoms with E-state index in [-0.39, 0.29) is 12.4 Å². The number of rotatable bonds is 3. The lowest BCUT2D eigenvalue weighted by Gasteiger charge is -2.31. The van der Waals surface area contributed by atoms with Gasteiger partial charge < -0.3 is 9.47 Å². The molecule has 4 heteroatoms. The van der Waals surface area contributed by atoms with Gasteiger partial charge in [0.25, 0.3) is 0 Å². The lowest BCUT2D eigenvalue weighted by atomic mass is 9.85. The molecule has 3 rings (SSSR count). The molecular formula is C18H16O4. The van der Waals surface area contributed by atoms with Gasteiger partial charge in [-0.25, -0.2) is 0 Å². The van der Waals surface area contributed by atoms with Gasteiger partial charge in [0, 0.05) is 0 Å². The van der Waals surface area contributed by atoms with Crippen LogP contribution in [-0.2, 0) is 9.53 Å². The van der Waals surface area contributed by atoms with Gasteiger partial charge in [-0.3, -0.25) is 9.59 Å². The zero-order chi connectivity index (χ0) is 15.5. The third kappa shape index (κ3) is 2.48. The molecule has 0 saturated carbocycles. The second-order valence-corrected chi connectivity index (χ2v) is 5.04. The molecule has 0 bridgehead atoms. The van der Waals surface area contributed by atoms with Crippen molar-refractivity contribution in [3.05, 3.63) is 65.7 Å². The summed E-state index contributed by atoms with van der Waals surface area (Å²) in [4.78, 5) is 25.0. The van der Waals surface area contributed by atoms with Gasteiger partial charge in [-0.2, -0.15) is 0 Å². The van der Waals surface area contributed by atoms with E-state index >= 15 is 0 Å². The summed E-state index contributed by atoms with van der Waals surface area (Å²) in [5.74, 6) is -1.27. The highest BCUT2D eigenvalue weighted by molar-refractivity contribution is 6.11. The summed E-state index contributed by atoms with van der Waals surface area (Å²) in [7, 11) is 0. The van der Waals surface area contributed by atoms with Crippen LogP contribution in [0.15, 0.2) is 54.6 Å². The molecular weight excluding hydrogens is 280 g/mol. The fourth-order valence-corrected chi connectivity index (χ4v) is 2.65. The molecule has 112 valence electrons. The standard InChI is InChI=1S/C18H16O4/c1-2-21-18(20)15-16(19)13-10-6-7-11-14(13)22-17(15)12-8-4-3-5-9-12/h3-11,15,17H,2H2,1H3/t15-,17+/m0/s1. The predicted octanol–water partition coefficient (Wildman–Crippen LogP) is 3.18. The lowest BCUT2D eigenvalue weighted by molar-refractivity contribution is -0.149. The normalized spacial score (nSPS) is 20.0. The summed E-state index contributed by atoms with van der Waals surface area (Å²) in [6, 6.07) is 16.2. The van der Waals surface area contributed by atoms with Crippen molar-refractivity contribution >= 4 is 11.8 Å². The van der Waals surface area contributed by atoms with Crippen LogP contribution >= 0.6 is 0 Å². The molecule has 0 N–H and O–H groups in total. The smallest absolute Gasteiger partial charge is 0.321 e. The van der Waals surface area contributed by atoms with Crippen LogP contribution in [-0.4, -0.2) is 18.4 Å². The molecule has 4 nitrogen and oxygen atoms in total. The highest BCUT2D eigenvalue weighted by atomic mass is 16.5. The molecule has 2 atom stereocenters. The number of fused-ring (bicyclic) bond motifs is 1. The first kappa shape index (κ1) is 14.3. The van der Waals surface area contributed by atoms with Crippen molar-refractivity contribution < 1.29 is 19.1 Å². The van der Waals surface area contributed by atoms with Gasteiger partial charge in [-0.05, 0) is 24.6 Å². The number of carbonyl (C=O) groups is 2. The largest absolute Gasteiger partial charge is 0.484 e. The number of para-hydroxylation sites is 1. The van der Waals surface area contributed by atoms with E-state index < -0.39 is 18.0 Å². The Bertz CT molecular complexity index is 693. The summed E-state index contributed by atoms with van der Waals surface area (Å²) in [5, 5.41) is 0. The minimum atomic E-state index is -0.975. The van der Waals surface area contributed by atoms with Crippen LogP contribution in [0, 0.1) is 5.92 Å². The first-order valence-electron chi connectivity index (χ1n) is 7.24. The van der Waals surface area contributed by atoms with E-state index in [1.54, 1.807) is 31.2 Å². The topological polar surface area (TPSA) is 52.6 Å². The Morgan fingerprint density at radius 2 is 1.77 bits per heavy atom. The van der Waals surface area contributed by atoms with Gasteiger partial charge in [-0.1, -0.05) is 42.5 Å². The maximum Gasteiger partial charge on any atom is 0.321 e. The molecule has 0 aromatic heterocycles. The Hall–Kier alpha value is -2.62. The Morgan fingerprint density at radius 3 is 2.50 bits per heavy atom. The van der Waals surface area contributed by atoms with Gasteiger partial charge in [0.05, 0.1) is 12.2 Å². The maximum atomic E-state index is 12.7. The summed E-state index contributed by atoms with van der Waals surface area (Å²) >= 11 is 0. The summed E-state index contributed by atoms with van der Waals surface area (Å²) in [6.45, 7) is 1.95.